The van der Waals surface area contributed by atoms with Gasteiger partial charge in [-0.3, -0.25) is 9.36 Å². The van der Waals surface area contributed by atoms with Crippen molar-refractivity contribution < 1.29 is 6.85 Å². The molecule has 1 aromatic heterocycles. The number of aromatic nitrogens is 1. The van der Waals surface area contributed by atoms with Gasteiger partial charge in [-0.15, -0.1) is 0 Å². The Bertz CT molecular complexity index is 2300. The van der Waals surface area contributed by atoms with Crippen molar-refractivity contribution in [2.45, 2.75) is 26.2 Å². The third-order valence-electron chi connectivity index (χ3n) is 8.24. The standard InChI is InChI=1S/C35H27BN2O/c1-35(2,3)22-17-19-30-28(21-22)36-27-15-9-10-16-29(27)38-33-25(24-13-7-8-14-26(24)34(38)39)18-20-31(32(33)36)37(30)23-11-5-4-6-12-23/h4-21H,1-3H3/i4D,5D,6D,11D,12D. The van der Waals surface area contributed by atoms with Gasteiger partial charge in [0.1, 0.15) is 0 Å². The molecule has 0 spiro atoms. The molecular weight excluding hydrogens is 475 g/mol. The number of hydrogen-bond donors (Lipinski definition) is 0. The minimum atomic E-state index is -0.434. The van der Waals surface area contributed by atoms with Gasteiger partial charge in [0.2, 0.25) is 0 Å². The molecule has 0 saturated carbocycles. The van der Waals surface area contributed by atoms with Gasteiger partial charge in [0, 0.05) is 33.5 Å². The van der Waals surface area contributed by atoms with E-state index in [9.17, 15) is 4.79 Å². The number of fused-ring (bicyclic) bond motifs is 7. The lowest BCUT2D eigenvalue weighted by molar-refractivity contribution is 0.591. The molecule has 3 nitrogen and oxygen atoms in total. The molecule has 0 saturated heterocycles. The Morgan fingerprint density at radius 3 is 2.23 bits per heavy atom. The van der Waals surface area contributed by atoms with Crippen LogP contribution >= 0.6 is 0 Å². The molecule has 8 rings (SSSR count). The van der Waals surface area contributed by atoms with Gasteiger partial charge < -0.3 is 4.90 Å². The van der Waals surface area contributed by atoms with E-state index in [1.165, 1.54) is 0 Å². The van der Waals surface area contributed by atoms with Crippen molar-refractivity contribution >= 4 is 61.8 Å². The average molecular weight is 507 g/mol. The van der Waals surface area contributed by atoms with Gasteiger partial charge in [0.25, 0.3) is 12.3 Å². The first-order valence-corrected chi connectivity index (χ1v) is 13.2. The van der Waals surface area contributed by atoms with Crippen molar-refractivity contribution in [1.29, 1.82) is 0 Å². The molecule has 0 aliphatic carbocycles. The number of pyridine rings is 1. The van der Waals surface area contributed by atoms with Crippen LogP contribution in [0.5, 0.6) is 0 Å². The molecule has 0 amide bonds. The number of anilines is 3. The number of benzene rings is 5. The second-order valence-corrected chi connectivity index (χ2v) is 11.4. The normalized spacial score (nSPS) is 15.3. The van der Waals surface area contributed by atoms with Crippen LogP contribution in [0, 0.1) is 0 Å². The Morgan fingerprint density at radius 1 is 0.718 bits per heavy atom. The van der Waals surface area contributed by atoms with Crippen LogP contribution < -0.4 is 26.8 Å². The van der Waals surface area contributed by atoms with E-state index >= 15 is 0 Å². The van der Waals surface area contributed by atoms with Crippen LogP contribution in [0.25, 0.3) is 27.4 Å². The fraction of sp³-hybridized carbons (Fsp3) is 0.114. The summed E-state index contributed by atoms with van der Waals surface area (Å²) in [4.78, 5) is 16.1. The maximum Gasteiger partial charge on any atom is 0.263 e. The van der Waals surface area contributed by atoms with E-state index in [2.05, 4.69) is 39.0 Å². The zero-order chi connectivity index (χ0) is 30.8. The molecule has 5 aromatic carbocycles. The minimum Gasteiger partial charge on any atom is -0.311 e. The molecule has 4 heteroatoms. The highest BCUT2D eigenvalue weighted by molar-refractivity contribution is 7.00. The van der Waals surface area contributed by atoms with Crippen LogP contribution in [0.4, 0.5) is 17.1 Å². The van der Waals surface area contributed by atoms with E-state index in [-0.39, 0.29) is 35.5 Å². The van der Waals surface area contributed by atoms with E-state index < -0.39 is 18.1 Å². The molecule has 0 N–H and O–H groups in total. The molecule has 0 radical (unpaired) electrons. The highest BCUT2D eigenvalue weighted by Gasteiger charge is 2.42. The van der Waals surface area contributed by atoms with E-state index in [1.54, 1.807) is 4.57 Å². The summed E-state index contributed by atoms with van der Waals surface area (Å²) >= 11 is 0. The maximum absolute atomic E-state index is 14.3. The number of nitrogens with zero attached hydrogens (tertiary/aromatic N) is 2. The van der Waals surface area contributed by atoms with Crippen LogP contribution in [-0.2, 0) is 5.41 Å². The van der Waals surface area contributed by atoms with Gasteiger partial charge in [-0.2, -0.15) is 0 Å². The summed E-state index contributed by atoms with van der Waals surface area (Å²) in [6, 6.07) is 24.1. The Balaban J connectivity index is 1.62. The van der Waals surface area contributed by atoms with Gasteiger partial charge >= 0.3 is 0 Å². The molecule has 0 atom stereocenters. The lowest BCUT2D eigenvalue weighted by Gasteiger charge is -2.41. The van der Waals surface area contributed by atoms with Crippen molar-refractivity contribution in [3.63, 3.8) is 0 Å². The number of para-hydroxylation sites is 2. The Labute approximate surface area is 235 Å². The first kappa shape index (κ1) is 17.9. The average Bonchev–Trinajstić information content (AvgIpc) is 3.02. The largest absolute Gasteiger partial charge is 0.311 e. The predicted molar refractivity (Wildman–Crippen MR) is 165 cm³/mol. The summed E-state index contributed by atoms with van der Waals surface area (Å²) in [6.45, 7) is 6.23. The molecular formula is C35H27BN2O. The van der Waals surface area contributed by atoms with Gasteiger partial charge in [0.15, 0.2) is 0 Å². The second kappa shape index (κ2) is 7.73. The predicted octanol–water partition coefficient (Wildman–Crippen LogP) is 6.05. The zero-order valence-corrected chi connectivity index (χ0v) is 21.9. The molecule has 0 bridgehead atoms. The number of rotatable bonds is 1. The van der Waals surface area contributed by atoms with E-state index in [0.29, 0.717) is 11.1 Å². The second-order valence-electron chi connectivity index (χ2n) is 11.4. The third kappa shape index (κ3) is 2.97. The van der Waals surface area contributed by atoms with Crippen LogP contribution in [0.3, 0.4) is 0 Å². The quantitative estimate of drug-likeness (QED) is 0.200. The van der Waals surface area contributed by atoms with Gasteiger partial charge in [-0.1, -0.05) is 93.5 Å². The first-order valence-electron chi connectivity index (χ1n) is 15.7. The Kier molecular flexibility index (Phi) is 3.54. The number of hydrogen-bond acceptors (Lipinski definition) is 2. The minimum absolute atomic E-state index is 0.0864. The fourth-order valence-corrected chi connectivity index (χ4v) is 6.49. The highest BCUT2D eigenvalue weighted by atomic mass is 16.1. The van der Waals surface area contributed by atoms with E-state index in [4.69, 9.17) is 6.85 Å². The summed E-state index contributed by atoms with van der Waals surface area (Å²) in [5.41, 5.74) is 6.80. The van der Waals surface area contributed by atoms with E-state index in [1.807, 2.05) is 65.6 Å². The van der Waals surface area contributed by atoms with Crippen molar-refractivity contribution in [2.75, 3.05) is 4.90 Å². The summed E-state index contributed by atoms with van der Waals surface area (Å²) in [5.74, 6) is 0. The molecule has 2 aliphatic heterocycles. The molecule has 39 heavy (non-hydrogen) atoms. The molecule has 186 valence electrons. The molecule has 3 heterocycles. The van der Waals surface area contributed by atoms with Crippen molar-refractivity contribution in [3.8, 4) is 5.69 Å². The zero-order valence-electron chi connectivity index (χ0n) is 26.9. The summed E-state index contributed by atoms with van der Waals surface area (Å²) in [6.07, 6.45) is 0. The fourth-order valence-electron chi connectivity index (χ4n) is 6.49. The van der Waals surface area contributed by atoms with Gasteiger partial charge in [-0.05, 0) is 69.1 Å². The first-order chi connectivity index (χ1) is 21.0. The van der Waals surface area contributed by atoms with Gasteiger partial charge in [0.05, 0.1) is 12.4 Å². The molecule has 2 aliphatic rings. The summed E-state index contributed by atoms with van der Waals surface area (Å²) < 4.78 is 44.9. The van der Waals surface area contributed by atoms with Crippen LogP contribution in [0.2, 0.25) is 0 Å². The van der Waals surface area contributed by atoms with Crippen molar-refractivity contribution in [2.24, 2.45) is 0 Å². The lowest BCUT2D eigenvalue weighted by atomic mass is 9.33. The SMILES string of the molecule is [2H]c1c([2H])c([2H])c(N2c3ccc(C(C)(C)C)cc3B3c4ccccc4-n4c(=O)c5ccccc5c5ccc2c3c54)c([2H])c1[2H]. The Hall–Kier alpha value is -4.57. The summed E-state index contributed by atoms with van der Waals surface area (Å²) in [7, 11) is 0. The molecule has 6 aromatic rings. The van der Waals surface area contributed by atoms with Gasteiger partial charge in [-0.25, -0.2) is 0 Å². The van der Waals surface area contributed by atoms with Crippen LogP contribution in [0.1, 0.15) is 33.2 Å². The monoisotopic (exact) mass is 507 g/mol. The van der Waals surface area contributed by atoms with Crippen molar-refractivity contribution in [3.05, 3.63) is 125 Å². The molecule has 0 unspecified atom stereocenters. The highest BCUT2D eigenvalue weighted by Crippen LogP contribution is 2.40. The lowest BCUT2D eigenvalue weighted by Crippen LogP contribution is -2.61. The molecule has 0 fully saturated rings. The van der Waals surface area contributed by atoms with Crippen molar-refractivity contribution in [1.82, 2.24) is 4.57 Å². The van der Waals surface area contributed by atoms with Crippen LogP contribution in [-0.4, -0.2) is 11.3 Å². The van der Waals surface area contributed by atoms with Crippen LogP contribution in [0.15, 0.2) is 114 Å². The topological polar surface area (TPSA) is 25.2 Å². The van der Waals surface area contributed by atoms with E-state index in [0.717, 1.165) is 49.6 Å². The Morgan fingerprint density at radius 2 is 1.44 bits per heavy atom. The maximum atomic E-state index is 14.3. The summed E-state index contributed by atoms with van der Waals surface area (Å²) in [5, 5.41) is 2.41. The smallest absolute Gasteiger partial charge is 0.263 e. The third-order valence-corrected chi connectivity index (χ3v) is 8.24.